The van der Waals surface area contributed by atoms with Crippen LogP contribution in [0, 0.1) is 0 Å². The molecule has 0 saturated heterocycles. The van der Waals surface area contributed by atoms with Gasteiger partial charge < -0.3 is 10.4 Å². The van der Waals surface area contributed by atoms with Gasteiger partial charge in [0, 0.05) is 12.7 Å². The normalized spacial score (nSPS) is 18.4. The SMILES string of the molecule is OC1(CNc2ncnc3ncccc23)CCCCC1. The van der Waals surface area contributed by atoms with Crippen molar-refractivity contribution < 1.29 is 5.11 Å². The molecule has 0 unspecified atom stereocenters. The van der Waals surface area contributed by atoms with Crippen molar-refractivity contribution in [1.82, 2.24) is 15.0 Å². The summed E-state index contributed by atoms with van der Waals surface area (Å²) < 4.78 is 0. The van der Waals surface area contributed by atoms with Crippen LogP contribution < -0.4 is 5.32 Å². The van der Waals surface area contributed by atoms with Crippen LogP contribution in [0.4, 0.5) is 5.82 Å². The summed E-state index contributed by atoms with van der Waals surface area (Å²) in [5.41, 5.74) is 0.0770. The van der Waals surface area contributed by atoms with Crippen LogP contribution >= 0.6 is 0 Å². The maximum absolute atomic E-state index is 10.5. The fraction of sp³-hybridized carbons (Fsp3) is 0.500. The van der Waals surface area contributed by atoms with E-state index in [9.17, 15) is 5.11 Å². The molecule has 1 saturated carbocycles. The van der Waals surface area contributed by atoms with Crippen molar-refractivity contribution in [3.63, 3.8) is 0 Å². The molecule has 5 nitrogen and oxygen atoms in total. The summed E-state index contributed by atoms with van der Waals surface area (Å²) in [6.45, 7) is 0.536. The smallest absolute Gasteiger partial charge is 0.164 e. The lowest BCUT2D eigenvalue weighted by Crippen LogP contribution is -2.39. The number of hydrogen-bond acceptors (Lipinski definition) is 5. The average molecular weight is 258 g/mol. The van der Waals surface area contributed by atoms with Gasteiger partial charge in [-0.2, -0.15) is 0 Å². The summed E-state index contributed by atoms with van der Waals surface area (Å²) >= 11 is 0. The van der Waals surface area contributed by atoms with E-state index in [0.717, 1.165) is 36.9 Å². The van der Waals surface area contributed by atoms with E-state index in [1.54, 1.807) is 6.20 Å². The molecule has 2 heterocycles. The summed E-state index contributed by atoms with van der Waals surface area (Å²) in [6.07, 6.45) is 8.37. The van der Waals surface area contributed by atoms with Gasteiger partial charge in [-0.25, -0.2) is 15.0 Å². The standard InChI is InChI=1S/C14H18N4O/c19-14(6-2-1-3-7-14)9-16-13-11-5-4-8-15-12(11)17-10-18-13/h4-5,8,10,19H,1-3,6-7,9H2,(H,15,16,17,18). The molecule has 1 aliphatic rings. The first-order chi connectivity index (χ1) is 9.27. The highest BCUT2D eigenvalue weighted by Gasteiger charge is 2.29. The number of aliphatic hydroxyl groups is 1. The summed E-state index contributed by atoms with van der Waals surface area (Å²) in [4.78, 5) is 12.6. The van der Waals surface area contributed by atoms with E-state index in [-0.39, 0.29) is 0 Å². The predicted octanol–water partition coefficient (Wildman–Crippen LogP) is 2.13. The van der Waals surface area contributed by atoms with E-state index in [0.29, 0.717) is 12.2 Å². The molecule has 0 aliphatic heterocycles. The maximum Gasteiger partial charge on any atom is 0.164 e. The van der Waals surface area contributed by atoms with Crippen LogP contribution in [-0.4, -0.2) is 32.2 Å². The zero-order chi connectivity index (χ0) is 13.1. The summed E-state index contributed by atoms with van der Waals surface area (Å²) in [5.74, 6) is 0.747. The molecule has 1 aliphatic carbocycles. The van der Waals surface area contributed by atoms with Gasteiger partial charge in [0.15, 0.2) is 5.65 Å². The zero-order valence-corrected chi connectivity index (χ0v) is 10.8. The lowest BCUT2D eigenvalue weighted by molar-refractivity contribution is 0.0167. The van der Waals surface area contributed by atoms with Crippen LogP contribution in [0.25, 0.3) is 11.0 Å². The number of anilines is 1. The molecule has 3 rings (SSSR count). The van der Waals surface area contributed by atoms with Crippen LogP contribution in [0.2, 0.25) is 0 Å². The van der Waals surface area contributed by atoms with E-state index < -0.39 is 5.60 Å². The molecule has 1 fully saturated rings. The van der Waals surface area contributed by atoms with Gasteiger partial charge in [0.05, 0.1) is 11.0 Å². The topological polar surface area (TPSA) is 70.9 Å². The van der Waals surface area contributed by atoms with Crippen LogP contribution in [0.15, 0.2) is 24.7 Å². The third-order valence-electron chi connectivity index (χ3n) is 3.78. The van der Waals surface area contributed by atoms with Crippen molar-refractivity contribution in [3.05, 3.63) is 24.7 Å². The minimum Gasteiger partial charge on any atom is -0.388 e. The molecule has 19 heavy (non-hydrogen) atoms. The van der Waals surface area contributed by atoms with E-state index in [1.807, 2.05) is 12.1 Å². The number of hydrogen-bond donors (Lipinski definition) is 2. The molecule has 0 radical (unpaired) electrons. The Morgan fingerprint density at radius 2 is 2.00 bits per heavy atom. The molecular formula is C14H18N4O. The Balaban J connectivity index is 1.78. The van der Waals surface area contributed by atoms with E-state index in [1.165, 1.54) is 12.7 Å². The molecule has 0 spiro atoms. The first-order valence-electron chi connectivity index (χ1n) is 6.79. The largest absolute Gasteiger partial charge is 0.388 e. The van der Waals surface area contributed by atoms with Gasteiger partial charge in [0.1, 0.15) is 12.1 Å². The Hall–Kier alpha value is -1.75. The number of nitrogens with zero attached hydrogens (tertiary/aromatic N) is 3. The maximum atomic E-state index is 10.5. The van der Waals surface area contributed by atoms with Crippen LogP contribution in [-0.2, 0) is 0 Å². The van der Waals surface area contributed by atoms with Crippen molar-refractivity contribution in [2.75, 3.05) is 11.9 Å². The van der Waals surface area contributed by atoms with Gasteiger partial charge in [-0.05, 0) is 25.0 Å². The number of pyridine rings is 1. The van der Waals surface area contributed by atoms with Gasteiger partial charge in [0.25, 0.3) is 0 Å². The summed E-state index contributed by atoms with van der Waals surface area (Å²) in [6, 6.07) is 3.81. The monoisotopic (exact) mass is 258 g/mol. The fourth-order valence-corrected chi connectivity index (χ4v) is 2.67. The minimum absolute atomic E-state index is 0.536. The Bertz CT molecular complexity index is 561. The minimum atomic E-state index is -0.599. The average Bonchev–Trinajstić information content (AvgIpc) is 2.46. The van der Waals surface area contributed by atoms with E-state index >= 15 is 0 Å². The highest BCUT2D eigenvalue weighted by Crippen LogP contribution is 2.28. The van der Waals surface area contributed by atoms with Gasteiger partial charge in [-0.1, -0.05) is 19.3 Å². The first kappa shape index (κ1) is 12.3. The van der Waals surface area contributed by atoms with Crippen LogP contribution in [0.1, 0.15) is 32.1 Å². The van der Waals surface area contributed by atoms with Gasteiger partial charge in [-0.15, -0.1) is 0 Å². The lowest BCUT2D eigenvalue weighted by Gasteiger charge is -2.32. The Kier molecular flexibility index (Phi) is 3.29. The highest BCUT2D eigenvalue weighted by molar-refractivity contribution is 5.85. The Morgan fingerprint density at radius 3 is 2.84 bits per heavy atom. The van der Waals surface area contributed by atoms with E-state index in [2.05, 4.69) is 20.3 Å². The molecule has 0 atom stereocenters. The van der Waals surface area contributed by atoms with Crippen LogP contribution in [0.5, 0.6) is 0 Å². The number of nitrogens with one attached hydrogen (secondary N) is 1. The number of fused-ring (bicyclic) bond motifs is 1. The first-order valence-corrected chi connectivity index (χ1v) is 6.79. The van der Waals surface area contributed by atoms with Crippen molar-refractivity contribution >= 4 is 16.9 Å². The molecule has 2 N–H and O–H groups in total. The van der Waals surface area contributed by atoms with Crippen molar-refractivity contribution in [3.8, 4) is 0 Å². The number of aromatic nitrogens is 3. The Labute approximate surface area is 112 Å². The summed E-state index contributed by atoms with van der Waals surface area (Å²) in [5, 5.41) is 14.6. The highest BCUT2D eigenvalue weighted by atomic mass is 16.3. The molecule has 0 aromatic carbocycles. The van der Waals surface area contributed by atoms with Crippen molar-refractivity contribution in [2.45, 2.75) is 37.7 Å². The zero-order valence-electron chi connectivity index (χ0n) is 10.8. The molecular weight excluding hydrogens is 240 g/mol. The quantitative estimate of drug-likeness (QED) is 0.882. The molecule has 100 valence electrons. The third-order valence-corrected chi connectivity index (χ3v) is 3.78. The van der Waals surface area contributed by atoms with Gasteiger partial charge in [0.2, 0.25) is 0 Å². The third kappa shape index (κ3) is 2.66. The number of rotatable bonds is 3. The molecule has 2 aromatic heterocycles. The fourth-order valence-electron chi connectivity index (χ4n) is 2.67. The summed E-state index contributed by atoms with van der Waals surface area (Å²) in [7, 11) is 0. The van der Waals surface area contributed by atoms with Crippen molar-refractivity contribution in [2.24, 2.45) is 0 Å². The second kappa shape index (κ2) is 5.09. The predicted molar refractivity (Wildman–Crippen MR) is 73.9 cm³/mol. The van der Waals surface area contributed by atoms with E-state index in [4.69, 9.17) is 0 Å². The second-order valence-corrected chi connectivity index (χ2v) is 5.24. The van der Waals surface area contributed by atoms with Crippen molar-refractivity contribution in [1.29, 1.82) is 0 Å². The van der Waals surface area contributed by atoms with Crippen LogP contribution in [0.3, 0.4) is 0 Å². The molecule has 5 heteroatoms. The molecule has 2 aromatic rings. The Morgan fingerprint density at radius 1 is 1.16 bits per heavy atom. The lowest BCUT2D eigenvalue weighted by atomic mass is 9.85. The van der Waals surface area contributed by atoms with Gasteiger partial charge in [-0.3, -0.25) is 0 Å². The molecule has 0 amide bonds. The van der Waals surface area contributed by atoms with Gasteiger partial charge >= 0.3 is 0 Å². The molecule has 0 bridgehead atoms. The second-order valence-electron chi connectivity index (χ2n) is 5.24.